The first kappa shape index (κ1) is 23.9. The SMILES string of the molecule is CC(=O)CCCCC[C@H](NC(=O)C1CCCN(C)C1)C(=O)Nc1cnc2ccccc2c1. The number of rotatable bonds is 10. The smallest absolute Gasteiger partial charge is 0.246 e. The Labute approximate surface area is 190 Å². The van der Waals surface area contributed by atoms with E-state index in [0.717, 1.165) is 49.6 Å². The van der Waals surface area contributed by atoms with Crippen LogP contribution in [0.15, 0.2) is 36.5 Å². The van der Waals surface area contributed by atoms with Crippen LogP contribution in [0.1, 0.15) is 51.9 Å². The minimum Gasteiger partial charge on any atom is -0.344 e. The van der Waals surface area contributed by atoms with Crippen LogP contribution in [0, 0.1) is 5.92 Å². The first-order valence-electron chi connectivity index (χ1n) is 11.6. The number of carbonyl (C=O) groups excluding carboxylic acids is 3. The lowest BCUT2D eigenvalue weighted by atomic mass is 9.96. The van der Waals surface area contributed by atoms with Crippen LogP contribution in [0.3, 0.4) is 0 Å². The molecule has 0 aliphatic carbocycles. The number of pyridine rings is 1. The van der Waals surface area contributed by atoms with Gasteiger partial charge in [0.2, 0.25) is 11.8 Å². The van der Waals surface area contributed by atoms with Crippen molar-refractivity contribution in [3.63, 3.8) is 0 Å². The number of likely N-dealkylation sites (tertiary alicyclic amines) is 1. The summed E-state index contributed by atoms with van der Waals surface area (Å²) in [6.45, 7) is 3.31. The Bertz CT molecular complexity index is 946. The quantitative estimate of drug-likeness (QED) is 0.554. The molecule has 1 aromatic heterocycles. The van der Waals surface area contributed by atoms with Gasteiger partial charge < -0.3 is 20.3 Å². The molecule has 2 atom stereocenters. The van der Waals surface area contributed by atoms with Crippen molar-refractivity contribution in [3.8, 4) is 0 Å². The van der Waals surface area contributed by atoms with Crippen molar-refractivity contribution in [2.24, 2.45) is 5.92 Å². The average Bonchev–Trinajstić information content (AvgIpc) is 2.77. The molecule has 1 aromatic carbocycles. The van der Waals surface area contributed by atoms with Gasteiger partial charge in [-0.15, -0.1) is 0 Å². The number of Topliss-reactive ketones (excluding diaryl/α,β-unsaturated/α-hetero) is 1. The molecule has 0 saturated carbocycles. The summed E-state index contributed by atoms with van der Waals surface area (Å²) in [6, 6.07) is 9.01. The van der Waals surface area contributed by atoms with Gasteiger partial charge >= 0.3 is 0 Å². The topological polar surface area (TPSA) is 91.4 Å². The predicted molar refractivity (Wildman–Crippen MR) is 126 cm³/mol. The second-order valence-electron chi connectivity index (χ2n) is 8.87. The second kappa shape index (κ2) is 11.7. The first-order chi connectivity index (χ1) is 15.4. The normalized spacial score (nSPS) is 17.6. The summed E-state index contributed by atoms with van der Waals surface area (Å²) in [4.78, 5) is 43.7. The van der Waals surface area contributed by atoms with Crippen LogP contribution < -0.4 is 10.6 Å². The Morgan fingerprint density at radius 1 is 1.19 bits per heavy atom. The van der Waals surface area contributed by atoms with E-state index in [9.17, 15) is 14.4 Å². The van der Waals surface area contributed by atoms with Gasteiger partial charge in [0.15, 0.2) is 0 Å². The monoisotopic (exact) mass is 438 g/mol. The molecule has 2 amide bonds. The highest BCUT2D eigenvalue weighted by molar-refractivity contribution is 5.98. The number of hydrogen-bond acceptors (Lipinski definition) is 5. The van der Waals surface area contributed by atoms with Gasteiger partial charge in [-0.2, -0.15) is 0 Å². The fourth-order valence-electron chi connectivity index (χ4n) is 4.21. The summed E-state index contributed by atoms with van der Waals surface area (Å²) >= 11 is 0. The van der Waals surface area contributed by atoms with E-state index in [4.69, 9.17) is 0 Å². The highest BCUT2D eigenvalue weighted by atomic mass is 16.2. The molecule has 1 aliphatic rings. The Morgan fingerprint density at radius 2 is 2.00 bits per heavy atom. The van der Waals surface area contributed by atoms with E-state index in [1.54, 1.807) is 13.1 Å². The number of anilines is 1. The van der Waals surface area contributed by atoms with E-state index in [1.807, 2.05) is 37.4 Å². The van der Waals surface area contributed by atoms with Gasteiger partial charge in [0, 0.05) is 18.4 Å². The third-order valence-corrected chi connectivity index (χ3v) is 6.01. The molecular weight excluding hydrogens is 404 g/mol. The van der Waals surface area contributed by atoms with Crippen LogP contribution in [-0.4, -0.2) is 53.7 Å². The Morgan fingerprint density at radius 3 is 2.78 bits per heavy atom. The lowest BCUT2D eigenvalue weighted by Crippen LogP contribution is -2.49. The van der Waals surface area contributed by atoms with Gasteiger partial charge in [-0.25, -0.2) is 0 Å². The molecule has 0 spiro atoms. The zero-order valence-electron chi connectivity index (χ0n) is 19.1. The van der Waals surface area contributed by atoms with Crippen molar-refractivity contribution < 1.29 is 14.4 Å². The lowest BCUT2D eigenvalue weighted by Gasteiger charge is -2.30. The Hall–Kier alpha value is -2.80. The number of nitrogens with zero attached hydrogens (tertiary/aromatic N) is 2. The molecular formula is C25H34N4O3. The van der Waals surface area contributed by atoms with Crippen molar-refractivity contribution in [1.29, 1.82) is 0 Å². The summed E-state index contributed by atoms with van der Waals surface area (Å²) in [5.41, 5.74) is 1.48. The summed E-state index contributed by atoms with van der Waals surface area (Å²) < 4.78 is 0. The zero-order chi connectivity index (χ0) is 22.9. The maximum Gasteiger partial charge on any atom is 0.246 e. The van der Waals surface area contributed by atoms with Crippen molar-refractivity contribution in [1.82, 2.24) is 15.2 Å². The molecule has 7 nitrogen and oxygen atoms in total. The molecule has 2 heterocycles. The third-order valence-electron chi connectivity index (χ3n) is 6.01. The van der Waals surface area contributed by atoms with Crippen LogP contribution >= 0.6 is 0 Å². The van der Waals surface area contributed by atoms with Crippen molar-refractivity contribution >= 4 is 34.2 Å². The summed E-state index contributed by atoms with van der Waals surface area (Å²) in [5, 5.41) is 6.87. The highest BCUT2D eigenvalue weighted by Crippen LogP contribution is 2.18. The van der Waals surface area contributed by atoms with Crippen LogP contribution in [0.25, 0.3) is 10.9 Å². The van der Waals surface area contributed by atoms with E-state index in [2.05, 4.69) is 20.5 Å². The van der Waals surface area contributed by atoms with Gasteiger partial charge in [-0.05, 0) is 58.3 Å². The predicted octanol–water partition coefficient (Wildman–Crippen LogP) is 3.54. The molecule has 172 valence electrons. The number of hydrogen-bond donors (Lipinski definition) is 2. The lowest BCUT2D eigenvalue weighted by molar-refractivity contribution is -0.130. The molecule has 0 bridgehead atoms. The van der Waals surface area contributed by atoms with Crippen molar-refractivity contribution in [2.75, 3.05) is 25.5 Å². The first-order valence-corrected chi connectivity index (χ1v) is 11.6. The molecule has 1 unspecified atom stereocenters. The highest BCUT2D eigenvalue weighted by Gasteiger charge is 2.28. The number of ketones is 1. The number of unbranched alkanes of at least 4 members (excludes halogenated alkanes) is 2. The Kier molecular flexibility index (Phi) is 8.73. The maximum atomic E-state index is 13.1. The van der Waals surface area contributed by atoms with Gasteiger partial charge in [0.1, 0.15) is 11.8 Å². The zero-order valence-corrected chi connectivity index (χ0v) is 19.1. The minimum atomic E-state index is -0.612. The fourth-order valence-corrected chi connectivity index (χ4v) is 4.21. The molecule has 1 fully saturated rings. The van der Waals surface area contributed by atoms with E-state index in [1.165, 1.54) is 0 Å². The van der Waals surface area contributed by atoms with Gasteiger partial charge in [-0.3, -0.25) is 14.6 Å². The van der Waals surface area contributed by atoms with Crippen LogP contribution in [0.2, 0.25) is 0 Å². The number of carbonyl (C=O) groups is 3. The average molecular weight is 439 g/mol. The van der Waals surface area contributed by atoms with Gasteiger partial charge in [0.05, 0.1) is 23.3 Å². The number of piperidine rings is 1. The molecule has 1 saturated heterocycles. The summed E-state index contributed by atoms with van der Waals surface area (Å²) in [6.07, 6.45) is 6.99. The summed E-state index contributed by atoms with van der Waals surface area (Å²) in [7, 11) is 2.02. The van der Waals surface area contributed by atoms with Crippen molar-refractivity contribution in [3.05, 3.63) is 36.5 Å². The number of amides is 2. The number of aromatic nitrogens is 1. The molecule has 7 heteroatoms. The van der Waals surface area contributed by atoms with Gasteiger partial charge in [0.25, 0.3) is 0 Å². The number of fused-ring (bicyclic) bond motifs is 1. The van der Waals surface area contributed by atoms with E-state index < -0.39 is 6.04 Å². The third kappa shape index (κ3) is 7.12. The van der Waals surface area contributed by atoms with Crippen LogP contribution in [0.5, 0.6) is 0 Å². The fraction of sp³-hybridized carbons (Fsp3) is 0.520. The number of nitrogens with one attached hydrogen (secondary N) is 2. The van der Waals surface area contributed by atoms with Crippen LogP contribution in [0.4, 0.5) is 5.69 Å². The second-order valence-corrected chi connectivity index (χ2v) is 8.87. The molecule has 0 radical (unpaired) electrons. The number of benzene rings is 1. The molecule has 3 rings (SSSR count). The van der Waals surface area contributed by atoms with E-state index in [-0.39, 0.29) is 23.5 Å². The molecule has 2 aromatic rings. The molecule has 2 N–H and O–H groups in total. The van der Waals surface area contributed by atoms with Gasteiger partial charge in [-0.1, -0.05) is 31.0 Å². The van der Waals surface area contributed by atoms with Crippen molar-refractivity contribution in [2.45, 2.75) is 57.9 Å². The van der Waals surface area contributed by atoms with E-state index in [0.29, 0.717) is 25.1 Å². The van der Waals surface area contributed by atoms with E-state index >= 15 is 0 Å². The van der Waals surface area contributed by atoms with Crippen LogP contribution in [-0.2, 0) is 14.4 Å². The molecule has 32 heavy (non-hydrogen) atoms. The summed E-state index contributed by atoms with van der Waals surface area (Å²) in [5.74, 6) is -0.204. The number of para-hydroxylation sites is 1. The standard InChI is InChI=1S/C25H34N4O3/c1-18(30)9-4-3-5-13-23(28-24(31)20-11-8-14-29(2)17-20)25(32)27-21-15-19-10-6-7-12-22(19)26-16-21/h6-7,10,12,15-16,20,23H,3-5,8-9,11,13-14,17H2,1-2H3,(H,27,32)(H,28,31)/t20?,23-/m0/s1. The largest absolute Gasteiger partial charge is 0.344 e. The minimum absolute atomic E-state index is 0.0583. The molecule has 1 aliphatic heterocycles. The maximum absolute atomic E-state index is 13.1. The Balaban J connectivity index is 1.64.